The Labute approximate surface area is 81.4 Å². The van der Waals surface area contributed by atoms with Crippen LogP contribution in [-0.4, -0.2) is 20.7 Å². The maximum Gasteiger partial charge on any atom is 0.140 e. The van der Waals surface area contributed by atoms with E-state index in [2.05, 4.69) is 15.0 Å². The largest absolute Gasteiger partial charge is 0.340 e. The summed E-state index contributed by atoms with van der Waals surface area (Å²) >= 11 is 0. The molecule has 0 aromatic carbocycles. The first-order valence-electron chi connectivity index (χ1n) is 4.60. The Bertz CT molecular complexity index is 428. The molecule has 0 aliphatic rings. The van der Waals surface area contributed by atoms with Gasteiger partial charge in [0.2, 0.25) is 0 Å². The second kappa shape index (κ2) is 3.57. The van der Waals surface area contributed by atoms with E-state index >= 15 is 0 Å². The fourth-order valence-corrected chi connectivity index (χ4v) is 1.31. The predicted octanol–water partition coefficient (Wildman–Crippen LogP) is 1.48. The molecule has 72 valence electrons. The first-order chi connectivity index (χ1) is 6.79. The zero-order valence-electron chi connectivity index (χ0n) is 7.95. The predicted molar refractivity (Wildman–Crippen MR) is 52.9 cm³/mol. The van der Waals surface area contributed by atoms with Crippen LogP contribution in [0.1, 0.15) is 19.2 Å². The van der Waals surface area contributed by atoms with Crippen LogP contribution < -0.4 is 0 Å². The Kier molecular flexibility index (Phi) is 2.26. The van der Waals surface area contributed by atoms with Crippen molar-refractivity contribution in [3.63, 3.8) is 0 Å². The maximum atomic E-state index is 11.2. The van der Waals surface area contributed by atoms with Crippen LogP contribution in [-0.2, 0) is 11.2 Å². The SMILES string of the molecule is CCC(=O)Cc1nc2ccncc2[nH]1. The average molecular weight is 189 g/mol. The third-order valence-corrected chi connectivity index (χ3v) is 2.09. The lowest BCUT2D eigenvalue weighted by atomic mass is 10.2. The molecule has 4 heteroatoms. The standard InChI is InChI=1S/C10H11N3O/c1-2-7(14)5-10-12-8-3-4-11-6-9(8)13-10/h3-4,6H,2,5H2,1H3,(H,12,13). The molecule has 0 fully saturated rings. The minimum Gasteiger partial charge on any atom is -0.340 e. The van der Waals surface area contributed by atoms with Crippen LogP contribution >= 0.6 is 0 Å². The molecular formula is C10H11N3O. The first-order valence-corrected chi connectivity index (χ1v) is 4.60. The highest BCUT2D eigenvalue weighted by Gasteiger charge is 2.05. The summed E-state index contributed by atoms with van der Waals surface area (Å²) in [5.41, 5.74) is 1.74. The number of hydrogen-bond acceptors (Lipinski definition) is 3. The number of nitrogens with one attached hydrogen (secondary N) is 1. The maximum absolute atomic E-state index is 11.2. The molecule has 14 heavy (non-hydrogen) atoms. The van der Waals surface area contributed by atoms with Crippen LogP contribution in [0.25, 0.3) is 11.0 Å². The van der Waals surface area contributed by atoms with Crippen molar-refractivity contribution in [1.82, 2.24) is 15.0 Å². The van der Waals surface area contributed by atoms with Gasteiger partial charge in [0.1, 0.15) is 11.6 Å². The molecule has 0 atom stereocenters. The van der Waals surface area contributed by atoms with Crippen LogP contribution in [0.4, 0.5) is 0 Å². The van der Waals surface area contributed by atoms with Crippen molar-refractivity contribution >= 4 is 16.8 Å². The van der Waals surface area contributed by atoms with Crippen molar-refractivity contribution in [2.75, 3.05) is 0 Å². The monoisotopic (exact) mass is 189 g/mol. The van der Waals surface area contributed by atoms with E-state index in [1.807, 2.05) is 13.0 Å². The molecular weight excluding hydrogens is 178 g/mol. The van der Waals surface area contributed by atoms with E-state index in [4.69, 9.17) is 0 Å². The van der Waals surface area contributed by atoms with Gasteiger partial charge in [0.25, 0.3) is 0 Å². The average Bonchev–Trinajstić information content (AvgIpc) is 2.59. The number of H-pyrrole nitrogens is 1. The molecule has 2 heterocycles. The summed E-state index contributed by atoms with van der Waals surface area (Å²) in [7, 11) is 0. The van der Waals surface area contributed by atoms with E-state index in [1.165, 1.54) is 0 Å². The molecule has 2 aromatic rings. The quantitative estimate of drug-likeness (QED) is 0.795. The number of hydrogen-bond donors (Lipinski definition) is 1. The van der Waals surface area contributed by atoms with E-state index in [-0.39, 0.29) is 5.78 Å². The zero-order chi connectivity index (χ0) is 9.97. The highest BCUT2D eigenvalue weighted by atomic mass is 16.1. The molecule has 0 saturated carbocycles. The summed E-state index contributed by atoms with van der Waals surface area (Å²) in [5.74, 6) is 0.914. The topological polar surface area (TPSA) is 58.6 Å². The highest BCUT2D eigenvalue weighted by Crippen LogP contribution is 2.09. The molecule has 2 rings (SSSR count). The van der Waals surface area contributed by atoms with Gasteiger partial charge >= 0.3 is 0 Å². The number of Topliss-reactive ketones (excluding diaryl/α,β-unsaturated/α-hetero) is 1. The third-order valence-electron chi connectivity index (χ3n) is 2.09. The van der Waals surface area contributed by atoms with Gasteiger partial charge < -0.3 is 4.98 Å². The van der Waals surface area contributed by atoms with Crippen LogP contribution in [0.2, 0.25) is 0 Å². The molecule has 0 bridgehead atoms. The lowest BCUT2D eigenvalue weighted by Crippen LogP contribution is -2.01. The van der Waals surface area contributed by atoms with Crippen molar-refractivity contribution in [3.8, 4) is 0 Å². The molecule has 0 saturated heterocycles. The molecule has 0 spiro atoms. The summed E-state index contributed by atoms with van der Waals surface area (Å²) in [5, 5.41) is 0. The summed E-state index contributed by atoms with van der Waals surface area (Å²) in [6.07, 6.45) is 4.33. The zero-order valence-corrected chi connectivity index (χ0v) is 7.95. The Hall–Kier alpha value is -1.71. The van der Waals surface area contributed by atoms with E-state index in [0.717, 1.165) is 16.9 Å². The summed E-state index contributed by atoms with van der Waals surface area (Å²) in [6, 6.07) is 1.83. The minimum atomic E-state index is 0.192. The van der Waals surface area contributed by atoms with Crippen molar-refractivity contribution in [2.24, 2.45) is 0 Å². The Morgan fingerprint density at radius 3 is 3.14 bits per heavy atom. The number of imidazole rings is 1. The summed E-state index contributed by atoms with van der Waals surface area (Å²) in [6.45, 7) is 1.85. The lowest BCUT2D eigenvalue weighted by Gasteiger charge is -1.91. The van der Waals surface area contributed by atoms with Gasteiger partial charge in [0.05, 0.1) is 23.7 Å². The van der Waals surface area contributed by atoms with E-state index < -0.39 is 0 Å². The Morgan fingerprint density at radius 1 is 1.57 bits per heavy atom. The van der Waals surface area contributed by atoms with Crippen molar-refractivity contribution in [2.45, 2.75) is 19.8 Å². The fraction of sp³-hybridized carbons (Fsp3) is 0.300. The summed E-state index contributed by atoms with van der Waals surface area (Å²) < 4.78 is 0. The summed E-state index contributed by atoms with van der Waals surface area (Å²) in [4.78, 5) is 22.5. The molecule has 0 unspecified atom stereocenters. The molecule has 0 aliphatic heterocycles. The van der Waals surface area contributed by atoms with Gasteiger partial charge in [0, 0.05) is 12.6 Å². The number of aromatic nitrogens is 3. The number of nitrogens with zero attached hydrogens (tertiary/aromatic N) is 2. The molecule has 2 aromatic heterocycles. The minimum absolute atomic E-state index is 0.192. The number of ketones is 1. The molecule has 1 N–H and O–H groups in total. The highest BCUT2D eigenvalue weighted by molar-refractivity contribution is 5.81. The smallest absolute Gasteiger partial charge is 0.140 e. The number of rotatable bonds is 3. The number of carbonyl (C=O) groups is 1. The van der Waals surface area contributed by atoms with Crippen LogP contribution in [0.5, 0.6) is 0 Å². The normalized spacial score (nSPS) is 10.6. The molecule has 0 amide bonds. The van der Waals surface area contributed by atoms with Gasteiger partial charge in [-0.3, -0.25) is 9.78 Å². The molecule has 4 nitrogen and oxygen atoms in total. The van der Waals surface area contributed by atoms with Crippen molar-refractivity contribution in [3.05, 3.63) is 24.3 Å². The number of pyridine rings is 1. The second-order valence-electron chi connectivity index (χ2n) is 3.15. The second-order valence-corrected chi connectivity index (χ2v) is 3.15. The van der Waals surface area contributed by atoms with E-state index in [9.17, 15) is 4.79 Å². The number of fused-ring (bicyclic) bond motifs is 1. The van der Waals surface area contributed by atoms with E-state index in [0.29, 0.717) is 12.8 Å². The third kappa shape index (κ3) is 1.64. The first kappa shape index (κ1) is 8.87. The van der Waals surface area contributed by atoms with Crippen molar-refractivity contribution < 1.29 is 4.79 Å². The van der Waals surface area contributed by atoms with Gasteiger partial charge in [0.15, 0.2) is 0 Å². The number of carbonyl (C=O) groups excluding carboxylic acids is 1. The van der Waals surface area contributed by atoms with Gasteiger partial charge in [-0.1, -0.05) is 6.92 Å². The van der Waals surface area contributed by atoms with E-state index in [1.54, 1.807) is 12.4 Å². The number of aromatic amines is 1. The lowest BCUT2D eigenvalue weighted by molar-refractivity contribution is -0.118. The van der Waals surface area contributed by atoms with Crippen LogP contribution in [0, 0.1) is 0 Å². The van der Waals surface area contributed by atoms with Gasteiger partial charge in [-0.25, -0.2) is 4.98 Å². The fourth-order valence-electron chi connectivity index (χ4n) is 1.31. The Morgan fingerprint density at radius 2 is 2.43 bits per heavy atom. The Balaban J connectivity index is 2.31. The molecule has 0 radical (unpaired) electrons. The van der Waals surface area contributed by atoms with Crippen molar-refractivity contribution in [1.29, 1.82) is 0 Å². The van der Waals surface area contributed by atoms with Gasteiger partial charge in [-0.2, -0.15) is 0 Å². The molecule has 0 aliphatic carbocycles. The van der Waals surface area contributed by atoms with Crippen LogP contribution in [0.15, 0.2) is 18.5 Å². The van der Waals surface area contributed by atoms with Gasteiger partial charge in [-0.15, -0.1) is 0 Å². The van der Waals surface area contributed by atoms with Gasteiger partial charge in [-0.05, 0) is 6.07 Å². The van der Waals surface area contributed by atoms with Crippen LogP contribution in [0.3, 0.4) is 0 Å².